The molecule has 0 saturated carbocycles. The maximum atomic E-state index is 13.3. The molecule has 2 aromatic carbocycles. The molecule has 180 valence electrons. The van der Waals surface area contributed by atoms with Crippen LogP contribution >= 0.6 is 0 Å². The topological polar surface area (TPSA) is 119 Å². The number of anilines is 2. The molecule has 3 heterocycles. The van der Waals surface area contributed by atoms with Crippen molar-refractivity contribution in [1.82, 2.24) is 5.32 Å². The highest BCUT2D eigenvalue weighted by molar-refractivity contribution is 6.24. The predicted molar refractivity (Wildman–Crippen MR) is 128 cm³/mol. The van der Waals surface area contributed by atoms with Crippen molar-refractivity contribution in [3.63, 3.8) is 0 Å². The van der Waals surface area contributed by atoms with Gasteiger partial charge in [-0.1, -0.05) is 12.1 Å². The van der Waals surface area contributed by atoms with Gasteiger partial charge in [-0.2, -0.15) is 0 Å². The lowest BCUT2D eigenvalue weighted by Crippen LogP contribution is -2.40. The average molecular weight is 476 g/mol. The number of ether oxygens (including phenoxy) is 3. The van der Waals surface area contributed by atoms with Crippen molar-refractivity contribution >= 4 is 40.7 Å². The van der Waals surface area contributed by atoms with Gasteiger partial charge in [-0.15, -0.1) is 0 Å². The Bertz CT molecular complexity index is 1280. The summed E-state index contributed by atoms with van der Waals surface area (Å²) in [6, 6.07) is 12.5. The number of nitrogens with one attached hydrogen (secondary N) is 2. The van der Waals surface area contributed by atoms with Crippen LogP contribution in [-0.2, 0) is 19.1 Å². The van der Waals surface area contributed by atoms with Crippen molar-refractivity contribution in [2.24, 2.45) is 10.9 Å². The zero-order valence-corrected chi connectivity index (χ0v) is 19.3. The summed E-state index contributed by atoms with van der Waals surface area (Å²) in [5, 5.41) is 5.95. The molecule has 2 N–H and O–H groups in total. The average Bonchev–Trinajstić information content (AvgIpc) is 3.43. The van der Waals surface area contributed by atoms with Crippen molar-refractivity contribution in [2.45, 2.75) is 20.3 Å². The number of carbonyl (C=O) groups is 3. The number of benzene rings is 2. The molecule has 0 spiro atoms. The highest BCUT2D eigenvalue weighted by atomic mass is 16.7. The van der Waals surface area contributed by atoms with Crippen LogP contribution in [0.2, 0.25) is 0 Å². The fourth-order valence-electron chi connectivity index (χ4n) is 4.24. The summed E-state index contributed by atoms with van der Waals surface area (Å²) in [6.07, 6.45) is 0.0276. The molecule has 1 atom stereocenters. The molecule has 1 fully saturated rings. The smallest absolute Gasteiger partial charge is 0.343 e. The summed E-state index contributed by atoms with van der Waals surface area (Å²) in [6.45, 7) is 3.91. The van der Waals surface area contributed by atoms with Crippen LogP contribution < -0.4 is 25.0 Å². The van der Waals surface area contributed by atoms with Crippen LogP contribution in [0.3, 0.4) is 0 Å². The number of hydrogen-bond acceptors (Lipinski definition) is 8. The van der Waals surface area contributed by atoms with Crippen molar-refractivity contribution in [2.75, 3.05) is 30.2 Å². The monoisotopic (exact) mass is 476 g/mol. The summed E-state index contributed by atoms with van der Waals surface area (Å²) in [5.41, 5.74) is 2.51. The third kappa shape index (κ3) is 4.30. The number of carbonyl (C=O) groups excluding carboxylic acids is 3. The molecular formula is C25H24N4O6. The summed E-state index contributed by atoms with van der Waals surface area (Å²) in [5.74, 6) is -0.576. The van der Waals surface area contributed by atoms with Gasteiger partial charge in [0.25, 0.3) is 0 Å². The standard InChI is InChI=1S/C25H24N4O6/c1-3-33-25(32)22-14(2)26-17-6-4-5-7-18(17)27-23(22)28-24(31)15-10-21(30)29(12-15)16-8-9-19-20(11-16)35-13-34-19/h4-9,11,15,26H,3,10,12-13H2,1-2H3,(H,27,28,31). The number of hydrogen-bond donors (Lipinski definition) is 2. The molecule has 3 aliphatic rings. The highest BCUT2D eigenvalue weighted by Gasteiger charge is 2.37. The Kier molecular flexibility index (Phi) is 5.86. The fourth-order valence-corrected chi connectivity index (χ4v) is 4.24. The lowest BCUT2D eigenvalue weighted by atomic mass is 10.1. The first-order valence-electron chi connectivity index (χ1n) is 11.3. The van der Waals surface area contributed by atoms with Crippen LogP contribution in [0.1, 0.15) is 20.3 Å². The van der Waals surface area contributed by atoms with Crippen molar-refractivity contribution in [3.05, 3.63) is 53.7 Å². The van der Waals surface area contributed by atoms with Crippen LogP contribution in [0.25, 0.3) is 0 Å². The number of aliphatic imine (C=N–C) groups is 1. The summed E-state index contributed by atoms with van der Waals surface area (Å²) in [4.78, 5) is 44.9. The number of allylic oxidation sites excluding steroid dienone is 1. The van der Waals surface area contributed by atoms with Gasteiger partial charge >= 0.3 is 5.97 Å². The highest BCUT2D eigenvalue weighted by Crippen LogP contribution is 2.37. The molecule has 35 heavy (non-hydrogen) atoms. The number of rotatable bonds is 4. The van der Waals surface area contributed by atoms with E-state index < -0.39 is 17.8 Å². The molecule has 3 aliphatic heterocycles. The van der Waals surface area contributed by atoms with Gasteiger partial charge in [-0.05, 0) is 38.1 Å². The van der Waals surface area contributed by atoms with Crippen molar-refractivity contribution in [1.29, 1.82) is 0 Å². The molecule has 0 aliphatic carbocycles. The third-order valence-corrected chi connectivity index (χ3v) is 5.96. The second kappa shape index (κ2) is 9.13. The van der Waals surface area contributed by atoms with Crippen LogP contribution in [-0.4, -0.2) is 43.6 Å². The molecule has 1 saturated heterocycles. The first-order chi connectivity index (χ1) is 16.9. The van der Waals surface area contributed by atoms with Gasteiger partial charge in [0, 0.05) is 30.4 Å². The van der Waals surface area contributed by atoms with E-state index in [4.69, 9.17) is 14.2 Å². The second-order valence-corrected chi connectivity index (χ2v) is 8.26. The number of amides is 2. The van der Waals surface area contributed by atoms with Crippen molar-refractivity contribution < 1.29 is 28.6 Å². The maximum Gasteiger partial charge on any atom is 0.343 e. The van der Waals surface area contributed by atoms with E-state index in [-0.39, 0.29) is 43.7 Å². The summed E-state index contributed by atoms with van der Waals surface area (Å²) >= 11 is 0. The van der Waals surface area contributed by atoms with Gasteiger partial charge < -0.3 is 29.7 Å². The van der Waals surface area contributed by atoms with Gasteiger partial charge in [0.1, 0.15) is 11.4 Å². The summed E-state index contributed by atoms with van der Waals surface area (Å²) in [7, 11) is 0. The van der Waals surface area contributed by atoms with Gasteiger partial charge in [-0.3, -0.25) is 9.59 Å². The molecule has 10 nitrogen and oxygen atoms in total. The minimum atomic E-state index is -0.633. The molecular weight excluding hydrogens is 452 g/mol. The maximum absolute atomic E-state index is 13.3. The van der Waals surface area contributed by atoms with Gasteiger partial charge in [-0.25, -0.2) is 9.79 Å². The summed E-state index contributed by atoms with van der Waals surface area (Å²) < 4.78 is 15.9. The molecule has 10 heteroatoms. The van der Waals surface area contributed by atoms with E-state index in [1.54, 1.807) is 43.0 Å². The molecule has 5 rings (SSSR count). The fraction of sp³-hybridized carbons (Fsp3) is 0.280. The normalized spacial score (nSPS) is 18.5. The lowest BCUT2D eigenvalue weighted by Gasteiger charge is -2.18. The second-order valence-electron chi connectivity index (χ2n) is 8.26. The van der Waals surface area contributed by atoms with Gasteiger partial charge in [0.2, 0.25) is 18.6 Å². The van der Waals surface area contributed by atoms with Crippen LogP contribution in [0.4, 0.5) is 17.1 Å². The zero-order valence-electron chi connectivity index (χ0n) is 19.3. The first-order valence-corrected chi connectivity index (χ1v) is 11.3. The number of amidine groups is 1. The minimum Gasteiger partial charge on any atom is -0.462 e. The zero-order chi connectivity index (χ0) is 24.5. The van der Waals surface area contributed by atoms with E-state index in [2.05, 4.69) is 15.6 Å². The first kappa shape index (κ1) is 22.5. The lowest BCUT2D eigenvalue weighted by molar-refractivity contribution is -0.137. The van der Waals surface area contributed by atoms with E-state index >= 15 is 0 Å². The number of fused-ring (bicyclic) bond motifs is 2. The molecule has 2 aromatic rings. The Balaban J connectivity index is 1.39. The van der Waals surface area contributed by atoms with E-state index in [1.807, 2.05) is 18.2 Å². The molecule has 0 bridgehead atoms. The Morgan fingerprint density at radius 3 is 2.83 bits per heavy atom. The third-order valence-electron chi connectivity index (χ3n) is 5.96. The molecule has 0 aromatic heterocycles. The molecule has 2 amide bonds. The molecule has 0 radical (unpaired) electrons. The van der Waals surface area contributed by atoms with Crippen LogP contribution in [0.15, 0.2) is 58.7 Å². The SMILES string of the molecule is CCOC(=O)C1=C(C)Nc2ccccc2N=C1NC(=O)C1CC(=O)N(c2ccc3c(c2)OCO3)C1. The number of esters is 1. The van der Waals surface area contributed by atoms with Crippen LogP contribution in [0, 0.1) is 5.92 Å². The predicted octanol–water partition coefficient (Wildman–Crippen LogP) is 2.88. The number of para-hydroxylation sites is 2. The minimum absolute atomic E-state index is 0.0276. The van der Waals surface area contributed by atoms with E-state index in [0.717, 1.165) is 0 Å². The Labute approximate surface area is 201 Å². The van der Waals surface area contributed by atoms with E-state index in [0.29, 0.717) is 34.3 Å². The Morgan fingerprint density at radius 1 is 1.20 bits per heavy atom. The van der Waals surface area contributed by atoms with Crippen LogP contribution in [0.5, 0.6) is 11.5 Å². The van der Waals surface area contributed by atoms with Crippen molar-refractivity contribution in [3.8, 4) is 11.5 Å². The quantitative estimate of drug-likeness (QED) is 0.652. The van der Waals surface area contributed by atoms with E-state index in [9.17, 15) is 14.4 Å². The number of nitrogens with zero attached hydrogens (tertiary/aromatic N) is 2. The molecule has 1 unspecified atom stereocenters. The largest absolute Gasteiger partial charge is 0.462 e. The van der Waals surface area contributed by atoms with Gasteiger partial charge in [0.05, 0.1) is 23.9 Å². The van der Waals surface area contributed by atoms with E-state index in [1.165, 1.54) is 0 Å². The Hall–Kier alpha value is -4.34. The van der Waals surface area contributed by atoms with Gasteiger partial charge in [0.15, 0.2) is 11.5 Å². The Morgan fingerprint density at radius 2 is 2.00 bits per heavy atom.